The highest BCUT2D eigenvalue weighted by Crippen LogP contribution is 2.25. The van der Waals surface area contributed by atoms with Crippen molar-refractivity contribution in [3.05, 3.63) is 57.1 Å². The molecule has 0 aliphatic rings. The van der Waals surface area contributed by atoms with Crippen LogP contribution >= 0.6 is 11.3 Å². The summed E-state index contributed by atoms with van der Waals surface area (Å²) in [6.45, 7) is 0. The average molecular weight is 369 g/mol. The zero-order valence-electron chi connectivity index (χ0n) is 13.4. The Kier molecular flexibility index (Phi) is 3.98. The lowest BCUT2D eigenvalue weighted by Gasteiger charge is -2.05. The average Bonchev–Trinajstić information content (AvgIpc) is 3.32. The van der Waals surface area contributed by atoms with E-state index in [1.54, 1.807) is 18.2 Å². The smallest absolute Gasteiger partial charge is 0.349 e. The number of amides is 1. The Morgan fingerprint density at radius 1 is 1.23 bits per heavy atom. The standard InChI is InChI=1S/C17H11N3O5S/c1-23-12-4-2-3-9-7-11(16(22)24-13(9)12)14(21)18-17-20-19-15(25-17)10-5-6-26-8-10/h2-8H,1H3,(H,18,20,21). The molecule has 1 N–H and O–H groups in total. The molecule has 0 saturated carbocycles. The lowest BCUT2D eigenvalue weighted by Crippen LogP contribution is -2.20. The number of fused-ring (bicyclic) bond motifs is 1. The van der Waals surface area contributed by atoms with Crippen molar-refractivity contribution in [2.24, 2.45) is 0 Å². The van der Waals surface area contributed by atoms with Gasteiger partial charge in [0.15, 0.2) is 11.3 Å². The maximum atomic E-state index is 12.4. The quantitative estimate of drug-likeness (QED) is 0.551. The van der Waals surface area contributed by atoms with Gasteiger partial charge in [-0.3, -0.25) is 10.1 Å². The van der Waals surface area contributed by atoms with Crippen LogP contribution < -0.4 is 15.7 Å². The fourth-order valence-electron chi connectivity index (χ4n) is 2.38. The SMILES string of the molecule is COc1cccc2cc(C(=O)Nc3nnc(-c4ccsc4)o3)c(=O)oc12. The Hall–Kier alpha value is -3.46. The number of anilines is 1. The lowest BCUT2D eigenvalue weighted by molar-refractivity contribution is 0.102. The summed E-state index contributed by atoms with van der Waals surface area (Å²) < 4.78 is 15.8. The summed E-state index contributed by atoms with van der Waals surface area (Å²) in [6.07, 6.45) is 0. The summed E-state index contributed by atoms with van der Waals surface area (Å²) in [7, 11) is 1.47. The van der Waals surface area contributed by atoms with Crippen molar-refractivity contribution >= 4 is 34.2 Å². The molecule has 1 amide bonds. The highest BCUT2D eigenvalue weighted by atomic mass is 32.1. The summed E-state index contributed by atoms with van der Waals surface area (Å²) >= 11 is 1.48. The number of thiophene rings is 1. The monoisotopic (exact) mass is 369 g/mol. The molecule has 4 rings (SSSR count). The first-order valence-corrected chi connectivity index (χ1v) is 8.38. The van der Waals surface area contributed by atoms with Gasteiger partial charge in [0.05, 0.1) is 7.11 Å². The third kappa shape index (κ3) is 2.84. The van der Waals surface area contributed by atoms with Crippen molar-refractivity contribution in [3.63, 3.8) is 0 Å². The highest BCUT2D eigenvalue weighted by molar-refractivity contribution is 7.08. The molecule has 0 unspecified atom stereocenters. The van der Waals surface area contributed by atoms with Crippen LogP contribution in [0.1, 0.15) is 10.4 Å². The van der Waals surface area contributed by atoms with E-state index in [0.717, 1.165) is 5.56 Å². The highest BCUT2D eigenvalue weighted by Gasteiger charge is 2.18. The Morgan fingerprint density at radius 3 is 2.88 bits per heavy atom. The second-order valence-corrected chi connectivity index (χ2v) is 5.98. The summed E-state index contributed by atoms with van der Waals surface area (Å²) in [6, 6.07) is 8.23. The lowest BCUT2D eigenvalue weighted by atomic mass is 10.1. The van der Waals surface area contributed by atoms with Crippen molar-refractivity contribution in [2.45, 2.75) is 0 Å². The zero-order chi connectivity index (χ0) is 18.1. The molecule has 0 bridgehead atoms. The number of rotatable bonds is 4. The number of carbonyl (C=O) groups excluding carboxylic acids is 1. The number of hydrogen-bond donors (Lipinski definition) is 1. The van der Waals surface area contributed by atoms with Gasteiger partial charge in [-0.05, 0) is 23.6 Å². The molecule has 1 aromatic carbocycles. The largest absolute Gasteiger partial charge is 0.493 e. The molecular formula is C17H11N3O5S. The van der Waals surface area contributed by atoms with E-state index in [4.69, 9.17) is 13.6 Å². The van der Waals surface area contributed by atoms with Gasteiger partial charge in [0.25, 0.3) is 11.8 Å². The van der Waals surface area contributed by atoms with Gasteiger partial charge < -0.3 is 13.6 Å². The molecular weight excluding hydrogens is 358 g/mol. The maximum absolute atomic E-state index is 12.4. The zero-order valence-corrected chi connectivity index (χ0v) is 14.2. The Morgan fingerprint density at radius 2 is 2.12 bits per heavy atom. The molecule has 8 nitrogen and oxygen atoms in total. The molecule has 0 spiro atoms. The molecule has 0 radical (unpaired) electrons. The number of methoxy groups -OCH3 is 1. The molecule has 3 heterocycles. The van der Waals surface area contributed by atoms with Gasteiger partial charge in [0, 0.05) is 16.3 Å². The van der Waals surface area contributed by atoms with E-state index >= 15 is 0 Å². The maximum Gasteiger partial charge on any atom is 0.349 e. The molecule has 0 fully saturated rings. The minimum atomic E-state index is -0.794. The van der Waals surface area contributed by atoms with Crippen molar-refractivity contribution in [2.75, 3.05) is 12.4 Å². The first-order valence-electron chi connectivity index (χ1n) is 7.44. The summed E-state index contributed by atoms with van der Waals surface area (Å²) in [4.78, 5) is 24.6. The fraction of sp³-hybridized carbons (Fsp3) is 0.0588. The van der Waals surface area contributed by atoms with Crippen LogP contribution in [0.3, 0.4) is 0 Å². The number of nitrogens with zero attached hydrogens (tertiary/aromatic N) is 2. The van der Waals surface area contributed by atoms with Crippen LogP contribution in [0.15, 0.2) is 54.7 Å². The number of hydrogen-bond acceptors (Lipinski definition) is 8. The predicted molar refractivity (Wildman–Crippen MR) is 94.6 cm³/mol. The molecule has 3 aromatic heterocycles. The Bertz CT molecular complexity index is 1150. The van der Waals surface area contributed by atoms with Crippen molar-refractivity contribution in [1.29, 1.82) is 0 Å². The number of aromatic nitrogens is 2. The number of para-hydroxylation sites is 1. The Balaban J connectivity index is 1.64. The third-order valence-electron chi connectivity index (χ3n) is 3.60. The third-order valence-corrected chi connectivity index (χ3v) is 4.29. The van der Waals surface area contributed by atoms with E-state index in [2.05, 4.69) is 15.5 Å². The van der Waals surface area contributed by atoms with Gasteiger partial charge >= 0.3 is 11.6 Å². The molecule has 9 heteroatoms. The van der Waals surface area contributed by atoms with Crippen LogP contribution in [0, 0.1) is 0 Å². The second kappa shape index (κ2) is 6.45. The first kappa shape index (κ1) is 16.0. The van der Waals surface area contributed by atoms with E-state index in [1.807, 2.05) is 16.8 Å². The number of ether oxygens (including phenoxy) is 1. The van der Waals surface area contributed by atoms with Crippen molar-refractivity contribution in [3.8, 4) is 17.2 Å². The van der Waals surface area contributed by atoms with E-state index in [0.29, 0.717) is 11.1 Å². The minimum Gasteiger partial charge on any atom is -0.493 e. The van der Waals surface area contributed by atoms with Crippen LogP contribution in [0.5, 0.6) is 5.75 Å². The second-order valence-electron chi connectivity index (χ2n) is 5.20. The number of nitrogens with one attached hydrogen (secondary N) is 1. The van der Waals surface area contributed by atoms with E-state index in [1.165, 1.54) is 24.5 Å². The molecule has 0 aliphatic heterocycles. The Labute approximate surface area is 150 Å². The first-order chi connectivity index (χ1) is 12.7. The van der Waals surface area contributed by atoms with Gasteiger partial charge in [0.2, 0.25) is 0 Å². The summed E-state index contributed by atoms with van der Waals surface area (Å²) in [5.74, 6) is -0.0234. The molecule has 4 aromatic rings. The fourth-order valence-corrected chi connectivity index (χ4v) is 3.01. The summed E-state index contributed by atoms with van der Waals surface area (Å²) in [5.41, 5.74) is 0.0486. The summed E-state index contributed by atoms with van der Waals surface area (Å²) in [5, 5.41) is 14.3. The van der Waals surface area contributed by atoms with Crippen molar-refractivity contribution in [1.82, 2.24) is 10.2 Å². The molecule has 130 valence electrons. The number of carbonyl (C=O) groups is 1. The minimum absolute atomic E-state index is 0.110. The van der Waals surface area contributed by atoms with Gasteiger partial charge in [-0.15, -0.1) is 5.10 Å². The van der Waals surface area contributed by atoms with E-state index in [9.17, 15) is 9.59 Å². The van der Waals surface area contributed by atoms with Crippen LogP contribution in [0.4, 0.5) is 6.01 Å². The number of benzene rings is 1. The van der Waals surface area contributed by atoms with E-state index in [-0.39, 0.29) is 23.1 Å². The molecule has 26 heavy (non-hydrogen) atoms. The van der Waals surface area contributed by atoms with Gasteiger partial charge in [-0.25, -0.2) is 4.79 Å². The normalized spacial score (nSPS) is 10.8. The van der Waals surface area contributed by atoms with Crippen LogP contribution in [0.2, 0.25) is 0 Å². The van der Waals surface area contributed by atoms with Crippen LogP contribution in [0.25, 0.3) is 22.4 Å². The van der Waals surface area contributed by atoms with Crippen LogP contribution in [-0.2, 0) is 0 Å². The van der Waals surface area contributed by atoms with Gasteiger partial charge in [-0.2, -0.15) is 11.3 Å². The van der Waals surface area contributed by atoms with Gasteiger partial charge in [0.1, 0.15) is 5.56 Å². The van der Waals surface area contributed by atoms with Crippen molar-refractivity contribution < 1.29 is 18.4 Å². The molecule has 0 saturated heterocycles. The van der Waals surface area contributed by atoms with Crippen LogP contribution in [-0.4, -0.2) is 23.2 Å². The molecule has 0 atom stereocenters. The predicted octanol–water partition coefficient (Wildman–Crippen LogP) is 3.17. The topological polar surface area (TPSA) is 107 Å². The molecule has 0 aliphatic carbocycles. The van der Waals surface area contributed by atoms with E-state index < -0.39 is 11.5 Å². The van der Waals surface area contributed by atoms with Gasteiger partial charge in [-0.1, -0.05) is 17.2 Å².